The molecule has 0 atom stereocenters. The third kappa shape index (κ3) is 2.82. The topological polar surface area (TPSA) is 78.1 Å². The summed E-state index contributed by atoms with van der Waals surface area (Å²) < 4.78 is 12.8. The molecule has 0 spiro atoms. The highest BCUT2D eigenvalue weighted by Gasteiger charge is 1.96. The van der Waals surface area contributed by atoms with Crippen molar-refractivity contribution in [1.82, 2.24) is 0 Å². The average Bonchev–Trinajstić information content (AvgIpc) is 2.14. The molecule has 6 N–H and O–H groups in total. The minimum absolute atomic E-state index is 0.157. The summed E-state index contributed by atoms with van der Waals surface area (Å²) in [6, 6.07) is 5.98. The molecule has 1 aromatic carbocycles. The maximum atomic E-state index is 12.8. The zero-order chi connectivity index (χ0) is 10.6. The van der Waals surface area contributed by atoms with Crippen LogP contribution >= 0.6 is 0 Å². The van der Waals surface area contributed by atoms with Crippen molar-refractivity contribution in [3.63, 3.8) is 0 Å². The fourth-order valence-electron chi connectivity index (χ4n) is 0.950. The quantitative estimate of drug-likeness (QED) is 0.610. The Hall–Kier alpha value is -1.97. The molecule has 0 aromatic heterocycles. The number of halogens is 1. The van der Waals surface area contributed by atoms with Gasteiger partial charge in [-0.15, -0.1) is 0 Å². The number of rotatable bonds is 2. The minimum Gasteiger partial charge on any atom is -0.398 e. The van der Waals surface area contributed by atoms with Gasteiger partial charge in [0.25, 0.3) is 0 Å². The van der Waals surface area contributed by atoms with Crippen molar-refractivity contribution in [3.8, 4) is 0 Å². The van der Waals surface area contributed by atoms with Gasteiger partial charge in [0, 0.05) is 11.3 Å². The molecule has 0 heterocycles. The maximum Gasteiger partial charge on any atom is 0.123 e. The molecule has 4 heteroatoms. The van der Waals surface area contributed by atoms with E-state index in [1.165, 1.54) is 24.3 Å². The highest BCUT2D eigenvalue weighted by molar-refractivity contribution is 5.64. The Labute approximate surface area is 81.7 Å². The van der Waals surface area contributed by atoms with Crippen molar-refractivity contribution in [2.45, 2.75) is 0 Å². The van der Waals surface area contributed by atoms with E-state index >= 15 is 0 Å². The van der Waals surface area contributed by atoms with Crippen molar-refractivity contribution >= 4 is 5.70 Å². The second-order valence-corrected chi connectivity index (χ2v) is 2.80. The largest absolute Gasteiger partial charge is 0.398 e. The van der Waals surface area contributed by atoms with Gasteiger partial charge in [-0.2, -0.15) is 0 Å². The lowest BCUT2D eigenvalue weighted by molar-refractivity contribution is 0.627. The fourth-order valence-corrected chi connectivity index (χ4v) is 0.950. The van der Waals surface area contributed by atoms with Crippen LogP contribution in [-0.2, 0) is 0 Å². The van der Waals surface area contributed by atoms with Crippen molar-refractivity contribution in [2.24, 2.45) is 17.2 Å². The number of nitrogens with two attached hydrogens (primary N) is 3. The fraction of sp³-hybridized carbons (Fsp3) is 0. The number of benzene rings is 1. The minimum atomic E-state index is -0.330. The molecular formula is C10H12FN3. The predicted molar refractivity (Wildman–Crippen MR) is 55.0 cm³/mol. The summed E-state index contributed by atoms with van der Waals surface area (Å²) in [6.45, 7) is 0. The van der Waals surface area contributed by atoms with Crippen LogP contribution in [-0.4, -0.2) is 0 Å². The molecule has 0 unspecified atom stereocenters. The number of hydrogen-bond donors (Lipinski definition) is 3. The molecule has 0 fully saturated rings. The molecule has 0 saturated carbocycles. The van der Waals surface area contributed by atoms with E-state index in [-0.39, 0.29) is 11.6 Å². The Kier molecular flexibility index (Phi) is 3.12. The molecular weight excluding hydrogens is 181 g/mol. The molecule has 0 aliphatic carbocycles. The second-order valence-electron chi connectivity index (χ2n) is 2.80. The van der Waals surface area contributed by atoms with E-state index in [4.69, 9.17) is 17.2 Å². The molecule has 0 aliphatic heterocycles. The first-order valence-electron chi connectivity index (χ1n) is 4.04. The second kappa shape index (κ2) is 4.32. The Balaban J connectivity index is 2.95. The van der Waals surface area contributed by atoms with Crippen LogP contribution < -0.4 is 17.2 Å². The molecule has 0 bridgehead atoms. The maximum absolute atomic E-state index is 12.8. The Morgan fingerprint density at radius 2 is 1.86 bits per heavy atom. The number of hydrogen-bond acceptors (Lipinski definition) is 3. The van der Waals surface area contributed by atoms with E-state index < -0.39 is 0 Å². The highest BCUT2D eigenvalue weighted by atomic mass is 19.1. The van der Waals surface area contributed by atoms with Crippen molar-refractivity contribution in [1.29, 1.82) is 0 Å². The van der Waals surface area contributed by atoms with Gasteiger partial charge in [0.2, 0.25) is 0 Å². The van der Waals surface area contributed by atoms with Crippen LogP contribution in [0.5, 0.6) is 0 Å². The average molecular weight is 193 g/mol. The summed E-state index contributed by atoms with van der Waals surface area (Å²) in [6.07, 6.45) is 2.99. The van der Waals surface area contributed by atoms with Gasteiger partial charge in [0.05, 0.1) is 5.82 Å². The van der Waals surface area contributed by atoms with Crippen molar-refractivity contribution in [3.05, 3.63) is 53.6 Å². The highest BCUT2D eigenvalue weighted by Crippen LogP contribution is 2.10. The Morgan fingerprint density at radius 3 is 2.43 bits per heavy atom. The van der Waals surface area contributed by atoms with E-state index in [1.807, 2.05) is 0 Å². The lowest BCUT2D eigenvalue weighted by Crippen LogP contribution is -2.07. The summed E-state index contributed by atoms with van der Waals surface area (Å²) in [4.78, 5) is 0. The molecule has 74 valence electrons. The van der Waals surface area contributed by atoms with E-state index in [2.05, 4.69) is 0 Å². The molecule has 14 heavy (non-hydrogen) atoms. The van der Waals surface area contributed by atoms with Gasteiger partial charge in [-0.1, -0.05) is 12.1 Å². The lowest BCUT2D eigenvalue weighted by atomic mass is 10.1. The molecule has 0 amide bonds. The van der Waals surface area contributed by atoms with Gasteiger partial charge >= 0.3 is 0 Å². The monoisotopic (exact) mass is 193 g/mol. The first kappa shape index (κ1) is 10.1. The van der Waals surface area contributed by atoms with Gasteiger partial charge in [-0.25, -0.2) is 4.39 Å². The summed E-state index contributed by atoms with van der Waals surface area (Å²) >= 11 is 0. The van der Waals surface area contributed by atoms with Gasteiger partial charge in [-0.05, 0) is 24.3 Å². The molecule has 1 rings (SSSR count). The number of allylic oxidation sites excluding steroid dienone is 2. The SMILES string of the molecule is NC(N)=CC=C(N)c1cccc(F)c1. The van der Waals surface area contributed by atoms with Crippen molar-refractivity contribution in [2.75, 3.05) is 0 Å². The summed E-state index contributed by atoms with van der Waals surface area (Å²) in [5.74, 6) is -0.173. The predicted octanol–water partition coefficient (Wildman–Crippen LogP) is 0.884. The summed E-state index contributed by atoms with van der Waals surface area (Å²) in [5.41, 5.74) is 17.1. The van der Waals surface area contributed by atoms with E-state index in [9.17, 15) is 4.39 Å². The third-order valence-corrected chi connectivity index (χ3v) is 1.61. The molecule has 1 aromatic rings. The van der Waals surface area contributed by atoms with Crippen LogP contribution in [0.2, 0.25) is 0 Å². The van der Waals surface area contributed by atoms with Crippen LogP contribution in [0.1, 0.15) is 5.56 Å². The molecule has 3 nitrogen and oxygen atoms in total. The van der Waals surface area contributed by atoms with E-state index in [0.29, 0.717) is 11.3 Å². The summed E-state index contributed by atoms with van der Waals surface area (Å²) in [7, 11) is 0. The first-order chi connectivity index (χ1) is 6.59. The zero-order valence-electron chi connectivity index (χ0n) is 7.57. The van der Waals surface area contributed by atoms with E-state index in [1.54, 1.807) is 12.1 Å². The van der Waals surface area contributed by atoms with Gasteiger partial charge < -0.3 is 17.2 Å². The van der Waals surface area contributed by atoms with Gasteiger partial charge in [0.15, 0.2) is 0 Å². The molecule has 0 aliphatic rings. The van der Waals surface area contributed by atoms with Crippen LogP contribution in [0.25, 0.3) is 5.70 Å². The third-order valence-electron chi connectivity index (χ3n) is 1.61. The van der Waals surface area contributed by atoms with Crippen LogP contribution in [0.15, 0.2) is 42.2 Å². The Morgan fingerprint density at radius 1 is 1.14 bits per heavy atom. The first-order valence-corrected chi connectivity index (χ1v) is 4.04. The lowest BCUT2D eigenvalue weighted by Gasteiger charge is -2.00. The van der Waals surface area contributed by atoms with Crippen LogP contribution in [0.4, 0.5) is 4.39 Å². The van der Waals surface area contributed by atoms with Crippen molar-refractivity contribution < 1.29 is 4.39 Å². The smallest absolute Gasteiger partial charge is 0.123 e. The molecule has 0 radical (unpaired) electrons. The normalized spacial score (nSPS) is 11.1. The summed E-state index contributed by atoms with van der Waals surface area (Å²) in [5, 5.41) is 0. The zero-order valence-corrected chi connectivity index (χ0v) is 7.57. The standard InChI is InChI=1S/C10H12FN3/c11-8-3-1-2-7(6-8)9(12)4-5-10(13)14/h1-6H,12-14H2. The Bertz CT molecular complexity index is 379. The van der Waals surface area contributed by atoms with Gasteiger partial charge in [0.1, 0.15) is 5.82 Å². The van der Waals surface area contributed by atoms with E-state index in [0.717, 1.165) is 0 Å². The van der Waals surface area contributed by atoms with Crippen LogP contribution in [0.3, 0.4) is 0 Å². The van der Waals surface area contributed by atoms with Gasteiger partial charge in [-0.3, -0.25) is 0 Å². The van der Waals surface area contributed by atoms with Crippen LogP contribution in [0, 0.1) is 5.82 Å². The molecule has 0 saturated heterocycles.